The van der Waals surface area contributed by atoms with Gasteiger partial charge >= 0.3 is 6.18 Å². The zero-order valence-corrected chi connectivity index (χ0v) is 11.7. The summed E-state index contributed by atoms with van der Waals surface area (Å²) in [6, 6.07) is 3.89. The van der Waals surface area contributed by atoms with Crippen LogP contribution in [0.15, 0.2) is 24.3 Å². The van der Waals surface area contributed by atoms with Crippen molar-refractivity contribution < 1.29 is 22.8 Å². The topological polar surface area (TPSA) is 58.2 Å². The molecule has 1 aromatic rings. The normalized spacial score (nSPS) is 11.0. The fraction of sp³-hybridized carbons (Fsp3) is 0.385. The second kappa shape index (κ2) is 7.87. The van der Waals surface area contributed by atoms with Crippen LogP contribution in [0, 0.1) is 0 Å². The first kappa shape index (κ1) is 17.3. The van der Waals surface area contributed by atoms with Crippen LogP contribution < -0.4 is 10.6 Å². The highest BCUT2D eigenvalue weighted by molar-refractivity contribution is 6.18. The minimum absolute atomic E-state index is 0.120. The summed E-state index contributed by atoms with van der Waals surface area (Å²) in [5.74, 6) is -0.520. The van der Waals surface area contributed by atoms with E-state index < -0.39 is 17.6 Å². The molecule has 2 amide bonds. The average Bonchev–Trinajstić information content (AvgIpc) is 2.43. The van der Waals surface area contributed by atoms with Crippen LogP contribution in [0.5, 0.6) is 0 Å². The van der Waals surface area contributed by atoms with Gasteiger partial charge in [-0.1, -0.05) is 0 Å². The van der Waals surface area contributed by atoms with Gasteiger partial charge in [0.25, 0.3) is 5.91 Å². The maximum Gasteiger partial charge on any atom is 0.416 e. The zero-order chi connectivity index (χ0) is 15.9. The second-order valence-corrected chi connectivity index (χ2v) is 4.50. The molecule has 0 saturated heterocycles. The molecule has 1 aromatic carbocycles. The van der Waals surface area contributed by atoms with Crippen molar-refractivity contribution in [3.8, 4) is 0 Å². The molecule has 0 saturated carbocycles. The summed E-state index contributed by atoms with van der Waals surface area (Å²) in [5.41, 5.74) is -0.692. The Balaban J connectivity index is 2.41. The summed E-state index contributed by atoms with van der Waals surface area (Å²) in [6.45, 7) is 0.399. The molecule has 0 heterocycles. The smallest absolute Gasteiger partial charge is 0.354 e. The Morgan fingerprint density at radius 2 is 1.62 bits per heavy atom. The van der Waals surface area contributed by atoms with Crippen LogP contribution in [-0.4, -0.2) is 30.8 Å². The molecule has 116 valence electrons. The summed E-state index contributed by atoms with van der Waals surface area (Å²) >= 11 is 5.37. The van der Waals surface area contributed by atoms with Crippen LogP contribution in [0.2, 0.25) is 0 Å². The molecule has 0 spiro atoms. The first-order valence-corrected chi connectivity index (χ1v) is 6.66. The third-order valence-electron chi connectivity index (χ3n) is 2.53. The van der Waals surface area contributed by atoms with Crippen molar-refractivity contribution in [2.45, 2.75) is 12.6 Å². The molecular formula is C13H14ClF3N2O2. The average molecular weight is 323 g/mol. The first-order chi connectivity index (χ1) is 9.84. The molecular weight excluding hydrogens is 309 g/mol. The molecule has 0 radical (unpaired) electrons. The fourth-order valence-corrected chi connectivity index (χ4v) is 1.64. The number of carbonyl (C=O) groups is 2. The fourth-order valence-electron chi connectivity index (χ4n) is 1.46. The van der Waals surface area contributed by atoms with Crippen LogP contribution in [0.1, 0.15) is 22.3 Å². The minimum Gasteiger partial charge on any atom is -0.354 e. The van der Waals surface area contributed by atoms with E-state index in [0.29, 0.717) is 0 Å². The number of hydrogen-bond donors (Lipinski definition) is 2. The van der Waals surface area contributed by atoms with Gasteiger partial charge in [0.15, 0.2) is 0 Å². The van der Waals surface area contributed by atoms with E-state index in [1.165, 1.54) is 0 Å². The molecule has 0 fully saturated rings. The van der Waals surface area contributed by atoms with Gasteiger partial charge in [0.05, 0.1) is 5.56 Å². The number of halogens is 4. The molecule has 0 aliphatic heterocycles. The Hall–Kier alpha value is -1.76. The van der Waals surface area contributed by atoms with Crippen molar-refractivity contribution >= 4 is 23.4 Å². The van der Waals surface area contributed by atoms with E-state index in [9.17, 15) is 22.8 Å². The molecule has 0 aliphatic carbocycles. The number of amides is 2. The van der Waals surface area contributed by atoms with Gasteiger partial charge in [-0.3, -0.25) is 9.59 Å². The lowest BCUT2D eigenvalue weighted by Crippen LogP contribution is -2.34. The van der Waals surface area contributed by atoms with Crippen molar-refractivity contribution in [3.63, 3.8) is 0 Å². The molecule has 0 unspecified atom stereocenters. The number of rotatable bonds is 6. The van der Waals surface area contributed by atoms with Crippen LogP contribution in [0.25, 0.3) is 0 Å². The van der Waals surface area contributed by atoms with Crippen LogP contribution >= 0.6 is 11.6 Å². The Kier molecular flexibility index (Phi) is 6.48. The largest absolute Gasteiger partial charge is 0.416 e. The van der Waals surface area contributed by atoms with Gasteiger partial charge in [0.2, 0.25) is 5.91 Å². The zero-order valence-electron chi connectivity index (χ0n) is 11.0. The number of nitrogens with one attached hydrogen (secondary N) is 2. The van der Waals surface area contributed by atoms with E-state index >= 15 is 0 Å². The van der Waals surface area contributed by atoms with Crippen LogP contribution in [0.3, 0.4) is 0 Å². The van der Waals surface area contributed by atoms with Gasteiger partial charge in [-0.25, -0.2) is 0 Å². The van der Waals surface area contributed by atoms with E-state index in [1.807, 2.05) is 0 Å². The van der Waals surface area contributed by atoms with Crippen LogP contribution in [0.4, 0.5) is 13.2 Å². The standard InChI is InChI=1S/C13H14ClF3N2O2/c14-6-5-11(20)18-7-8-19-12(21)9-1-3-10(4-2-9)13(15,16)17/h1-4H,5-8H2,(H,18,20)(H,19,21). The molecule has 0 atom stereocenters. The highest BCUT2D eigenvalue weighted by Gasteiger charge is 2.30. The van der Waals surface area contributed by atoms with Crippen molar-refractivity contribution in [1.29, 1.82) is 0 Å². The number of hydrogen-bond acceptors (Lipinski definition) is 2. The highest BCUT2D eigenvalue weighted by atomic mass is 35.5. The van der Waals surface area contributed by atoms with E-state index in [0.717, 1.165) is 24.3 Å². The van der Waals surface area contributed by atoms with Gasteiger partial charge in [-0.15, -0.1) is 11.6 Å². The molecule has 4 nitrogen and oxygen atoms in total. The molecule has 0 aromatic heterocycles. The highest BCUT2D eigenvalue weighted by Crippen LogP contribution is 2.28. The summed E-state index contributed by atoms with van der Waals surface area (Å²) in [7, 11) is 0. The minimum atomic E-state index is -4.43. The SMILES string of the molecule is O=C(CCCl)NCCNC(=O)c1ccc(C(F)(F)F)cc1. The maximum atomic E-state index is 12.4. The number of carbonyl (C=O) groups excluding carboxylic acids is 2. The summed E-state index contributed by atoms with van der Waals surface area (Å²) < 4.78 is 37.1. The summed E-state index contributed by atoms with van der Waals surface area (Å²) in [5, 5.41) is 5.02. The van der Waals surface area contributed by atoms with Gasteiger partial charge < -0.3 is 10.6 Å². The van der Waals surface area contributed by atoms with Gasteiger partial charge in [0.1, 0.15) is 0 Å². The third kappa shape index (κ3) is 6.03. The van der Waals surface area contributed by atoms with E-state index in [2.05, 4.69) is 10.6 Å². The number of benzene rings is 1. The monoisotopic (exact) mass is 322 g/mol. The van der Waals surface area contributed by atoms with Crippen molar-refractivity contribution in [2.24, 2.45) is 0 Å². The van der Waals surface area contributed by atoms with Crippen LogP contribution in [-0.2, 0) is 11.0 Å². The Labute approximate surface area is 124 Å². The predicted molar refractivity (Wildman–Crippen MR) is 72.1 cm³/mol. The summed E-state index contributed by atoms with van der Waals surface area (Å²) in [6.07, 6.45) is -4.24. The predicted octanol–water partition coefficient (Wildman–Crippen LogP) is 2.18. The third-order valence-corrected chi connectivity index (χ3v) is 2.72. The lowest BCUT2D eigenvalue weighted by atomic mass is 10.1. The second-order valence-electron chi connectivity index (χ2n) is 4.12. The lowest BCUT2D eigenvalue weighted by Gasteiger charge is -2.09. The van der Waals surface area contributed by atoms with Gasteiger partial charge in [0, 0.05) is 31.0 Å². The Morgan fingerprint density at radius 3 is 2.14 bits per heavy atom. The Morgan fingerprint density at radius 1 is 1.05 bits per heavy atom. The van der Waals surface area contributed by atoms with E-state index in [1.54, 1.807) is 0 Å². The quantitative estimate of drug-likeness (QED) is 0.623. The molecule has 1 rings (SSSR count). The van der Waals surface area contributed by atoms with Crippen molar-refractivity contribution in [2.75, 3.05) is 19.0 Å². The molecule has 0 aliphatic rings. The number of alkyl halides is 4. The molecule has 2 N–H and O–H groups in total. The molecule has 0 bridgehead atoms. The molecule has 8 heteroatoms. The van der Waals surface area contributed by atoms with Crippen molar-refractivity contribution in [3.05, 3.63) is 35.4 Å². The summed E-state index contributed by atoms with van der Waals surface area (Å²) in [4.78, 5) is 22.7. The van der Waals surface area contributed by atoms with Gasteiger partial charge in [-0.05, 0) is 24.3 Å². The molecule has 21 heavy (non-hydrogen) atoms. The Bertz CT molecular complexity index is 489. The van der Waals surface area contributed by atoms with E-state index in [-0.39, 0.29) is 36.9 Å². The van der Waals surface area contributed by atoms with Gasteiger partial charge in [-0.2, -0.15) is 13.2 Å². The lowest BCUT2D eigenvalue weighted by molar-refractivity contribution is -0.137. The maximum absolute atomic E-state index is 12.4. The first-order valence-electron chi connectivity index (χ1n) is 6.12. The van der Waals surface area contributed by atoms with Crippen molar-refractivity contribution in [1.82, 2.24) is 10.6 Å². The van der Waals surface area contributed by atoms with E-state index in [4.69, 9.17) is 11.6 Å².